The molecule has 0 unspecified atom stereocenters. The van der Waals surface area contributed by atoms with E-state index in [1.165, 1.54) is 31.9 Å². The number of likely N-dealkylation sites (tertiary alicyclic amines) is 1. The second-order valence-corrected chi connectivity index (χ2v) is 7.13. The summed E-state index contributed by atoms with van der Waals surface area (Å²) >= 11 is 0. The van der Waals surface area contributed by atoms with Crippen LogP contribution in [0.15, 0.2) is 17.0 Å². The lowest BCUT2D eigenvalue weighted by Gasteiger charge is -2.15. The quantitative estimate of drug-likeness (QED) is 0.820. The van der Waals surface area contributed by atoms with Crippen molar-refractivity contribution in [3.63, 3.8) is 0 Å². The van der Waals surface area contributed by atoms with Gasteiger partial charge in [0.15, 0.2) is 0 Å². The SMILES string of the molecule is Cc1cc(S(=O)(=O)NCCN2CCCC2)cc(CN)c1F. The Morgan fingerprint density at radius 2 is 2.00 bits per heavy atom. The van der Waals surface area contributed by atoms with E-state index in [2.05, 4.69) is 9.62 Å². The lowest BCUT2D eigenvalue weighted by Crippen LogP contribution is -2.33. The summed E-state index contributed by atoms with van der Waals surface area (Å²) < 4.78 is 40.8. The molecule has 0 amide bonds. The van der Waals surface area contributed by atoms with Gasteiger partial charge in [0, 0.05) is 25.2 Å². The van der Waals surface area contributed by atoms with Gasteiger partial charge in [-0.25, -0.2) is 17.5 Å². The minimum absolute atomic E-state index is 0.0240. The van der Waals surface area contributed by atoms with Crippen LogP contribution in [-0.2, 0) is 16.6 Å². The molecular formula is C14H22FN3O2S. The summed E-state index contributed by atoms with van der Waals surface area (Å²) in [5.74, 6) is -0.437. The number of rotatable bonds is 6. The van der Waals surface area contributed by atoms with Gasteiger partial charge in [-0.15, -0.1) is 0 Å². The molecule has 1 aliphatic heterocycles. The van der Waals surface area contributed by atoms with Gasteiger partial charge < -0.3 is 10.6 Å². The van der Waals surface area contributed by atoms with Crippen LogP contribution in [-0.4, -0.2) is 39.5 Å². The zero-order valence-electron chi connectivity index (χ0n) is 12.2. The molecule has 2 rings (SSSR count). The van der Waals surface area contributed by atoms with Gasteiger partial charge in [0.1, 0.15) is 5.82 Å². The van der Waals surface area contributed by atoms with Crippen LogP contribution in [0.1, 0.15) is 24.0 Å². The number of nitrogens with zero attached hydrogens (tertiary/aromatic N) is 1. The predicted octanol–water partition coefficient (Wildman–Crippen LogP) is 0.967. The Morgan fingerprint density at radius 3 is 2.62 bits per heavy atom. The van der Waals surface area contributed by atoms with E-state index >= 15 is 0 Å². The van der Waals surface area contributed by atoms with Gasteiger partial charge in [0.2, 0.25) is 10.0 Å². The van der Waals surface area contributed by atoms with Crippen molar-refractivity contribution in [1.29, 1.82) is 0 Å². The molecule has 118 valence electrons. The Bertz CT molecular complexity index is 598. The molecule has 5 nitrogen and oxygen atoms in total. The number of nitrogens with one attached hydrogen (secondary N) is 1. The van der Waals surface area contributed by atoms with E-state index in [4.69, 9.17) is 5.73 Å². The molecule has 1 saturated heterocycles. The van der Waals surface area contributed by atoms with Crippen molar-refractivity contribution in [3.8, 4) is 0 Å². The third-order valence-corrected chi connectivity index (χ3v) is 5.19. The van der Waals surface area contributed by atoms with Gasteiger partial charge in [0.05, 0.1) is 4.90 Å². The van der Waals surface area contributed by atoms with Gasteiger partial charge in [-0.3, -0.25) is 0 Å². The van der Waals surface area contributed by atoms with Gasteiger partial charge in [-0.05, 0) is 50.6 Å². The van der Waals surface area contributed by atoms with Crippen LogP contribution in [0.5, 0.6) is 0 Å². The van der Waals surface area contributed by atoms with Crippen LogP contribution in [0, 0.1) is 12.7 Å². The second kappa shape index (κ2) is 6.83. The molecule has 1 aromatic rings. The number of benzene rings is 1. The maximum absolute atomic E-state index is 13.7. The highest BCUT2D eigenvalue weighted by Crippen LogP contribution is 2.19. The van der Waals surface area contributed by atoms with Crippen LogP contribution >= 0.6 is 0 Å². The zero-order chi connectivity index (χ0) is 15.5. The predicted molar refractivity (Wildman–Crippen MR) is 79.9 cm³/mol. The van der Waals surface area contributed by atoms with Crippen LogP contribution in [0.3, 0.4) is 0 Å². The highest BCUT2D eigenvalue weighted by Gasteiger charge is 2.18. The van der Waals surface area contributed by atoms with Crippen molar-refractivity contribution in [2.24, 2.45) is 5.73 Å². The Balaban J connectivity index is 2.06. The third kappa shape index (κ3) is 4.00. The molecule has 0 spiro atoms. The molecule has 0 radical (unpaired) electrons. The highest BCUT2D eigenvalue weighted by atomic mass is 32.2. The number of sulfonamides is 1. The fraction of sp³-hybridized carbons (Fsp3) is 0.571. The lowest BCUT2D eigenvalue weighted by molar-refractivity contribution is 0.344. The maximum atomic E-state index is 13.7. The number of hydrogen-bond acceptors (Lipinski definition) is 4. The average molecular weight is 315 g/mol. The molecule has 0 aliphatic carbocycles. The third-order valence-electron chi connectivity index (χ3n) is 3.75. The average Bonchev–Trinajstić information content (AvgIpc) is 2.94. The monoisotopic (exact) mass is 315 g/mol. The number of nitrogens with two attached hydrogens (primary N) is 1. The second-order valence-electron chi connectivity index (χ2n) is 5.36. The van der Waals surface area contributed by atoms with E-state index in [1.807, 2.05) is 0 Å². The summed E-state index contributed by atoms with van der Waals surface area (Å²) in [7, 11) is -3.62. The molecular weight excluding hydrogens is 293 g/mol. The molecule has 0 saturated carbocycles. The van der Waals surface area contributed by atoms with E-state index < -0.39 is 15.8 Å². The summed E-state index contributed by atoms with van der Waals surface area (Å²) in [6.45, 7) is 4.62. The Hall–Kier alpha value is -1.02. The molecule has 1 aliphatic rings. The number of halogens is 1. The first-order valence-corrected chi connectivity index (χ1v) is 8.63. The van der Waals surface area contributed by atoms with Crippen LogP contribution in [0.4, 0.5) is 4.39 Å². The van der Waals surface area contributed by atoms with E-state index in [0.717, 1.165) is 13.1 Å². The largest absolute Gasteiger partial charge is 0.326 e. The smallest absolute Gasteiger partial charge is 0.240 e. The van der Waals surface area contributed by atoms with Gasteiger partial charge in [-0.2, -0.15) is 0 Å². The Morgan fingerprint density at radius 1 is 1.33 bits per heavy atom. The van der Waals surface area contributed by atoms with Gasteiger partial charge >= 0.3 is 0 Å². The van der Waals surface area contributed by atoms with E-state index in [0.29, 0.717) is 13.1 Å². The van der Waals surface area contributed by atoms with Gasteiger partial charge in [0.25, 0.3) is 0 Å². The van der Waals surface area contributed by atoms with Crippen molar-refractivity contribution in [3.05, 3.63) is 29.1 Å². The molecule has 1 heterocycles. The van der Waals surface area contributed by atoms with Crippen LogP contribution in [0.2, 0.25) is 0 Å². The van der Waals surface area contributed by atoms with Crippen molar-refractivity contribution in [1.82, 2.24) is 9.62 Å². The molecule has 0 bridgehead atoms. The van der Waals surface area contributed by atoms with Crippen molar-refractivity contribution in [2.45, 2.75) is 31.2 Å². The Kier molecular flexibility index (Phi) is 5.32. The molecule has 0 aromatic heterocycles. The molecule has 3 N–H and O–H groups in total. The Labute approximate surface area is 125 Å². The van der Waals surface area contributed by atoms with Crippen LogP contribution in [0.25, 0.3) is 0 Å². The first-order chi connectivity index (χ1) is 9.94. The zero-order valence-corrected chi connectivity index (χ0v) is 13.0. The van der Waals surface area contributed by atoms with E-state index in [-0.39, 0.29) is 22.6 Å². The molecule has 1 aromatic carbocycles. The standard InChI is InChI=1S/C14H22FN3O2S/c1-11-8-13(9-12(10-16)14(11)15)21(19,20)17-4-7-18-5-2-3-6-18/h8-9,17H,2-7,10,16H2,1H3. The van der Waals surface area contributed by atoms with Crippen molar-refractivity contribution >= 4 is 10.0 Å². The van der Waals surface area contributed by atoms with Crippen LogP contribution < -0.4 is 10.5 Å². The first kappa shape index (κ1) is 16.4. The summed E-state index contributed by atoms with van der Waals surface area (Å²) in [6, 6.07) is 2.65. The van der Waals surface area contributed by atoms with E-state index in [1.54, 1.807) is 0 Å². The van der Waals surface area contributed by atoms with Crippen molar-refractivity contribution < 1.29 is 12.8 Å². The summed E-state index contributed by atoms with van der Waals surface area (Å²) in [5.41, 5.74) is 5.96. The minimum atomic E-state index is -3.62. The fourth-order valence-corrected chi connectivity index (χ4v) is 3.69. The number of hydrogen-bond donors (Lipinski definition) is 2. The van der Waals surface area contributed by atoms with Crippen molar-refractivity contribution in [2.75, 3.05) is 26.2 Å². The summed E-state index contributed by atoms with van der Waals surface area (Å²) in [6.07, 6.45) is 2.34. The lowest BCUT2D eigenvalue weighted by atomic mass is 10.1. The normalized spacial score (nSPS) is 16.5. The fourth-order valence-electron chi connectivity index (χ4n) is 2.54. The molecule has 0 atom stereocenters. The molecule has 21 heavy (non-hydrogen) atoms. The number of aryl methyl sites for hydroxylation is 1. The summed E-state index contributed by atoms with van der Waals surface area (Å²) in [4.78, 5) is 2.30. The van der Waals surface area contributed by atoms with E-state index in [9.17, 15) is 12.8 Å². The van der Waals surface area contributed by atoms with Gasteiger partial charge in [-0.1, -0.05) is 0 Å². The molecule has 7 heteroatoms. The minimum Gasteiger partial charge on any atom is -0.326 e. The molecule has 1 fully saturated rings. The highest BCUT2D eigenvalue weighted by molar-refractivity contribution is 7.89. The maximum Gasteiger partial charge on any atom is 0.240 e. The summed E-state index contributed by atoms with van der Waals surface area (Å²) in [5, 5.41) is 0. The first-order valence-electron chi connectivity index (χ1n) is 7.15. The topological polar surface area (TPSA) is 75.4 Å².